The zero-order valence-corrected chi connectivity index (χ0v) is 14.3. The van der Waals surface area contributed by atoms with Crippen molar-refractivity contribution in [2.75, 3.05) is 37.6 Å². The summed E-state index contributed by atoms with van der Waals surface area (Å²) in [5, 5.41) is 3.11. The van der Waals surface area contributed by atoms with E-state index in [9.17, 15) is 13.6 Å². The quantitative estimate of drug-likeness (QED) is 0.870. The van der Waals surface area contributed by atoms with Gasteiger partial charge < -0.3 is 10.2 Å². The zero-order valence-electron chi connectivity index (χ0n) is 14.3. The first-order valence-corrected chi connectivity index (χ1v) is 8.94. The second-order valence-electron chi connectivity index (χ2n) is 6.81. The fourth-order valence-corrected chi connectivity index (χ4v) is 3.60. The van der Waals surface area contributed by atoms with Crippen molar-refractivity contribution < 1.29 is 13.6 Å². The van der Waals surface area contributed by atoms with E-state index < -0.39 is 6.43 Å². The summed E-state index contributed by atoms with van der Waals surface area (Å²) in [5.74, 6) is 0.657. The van der Waals surface area contributed by atoms with Crippen LogP contribution in [0.15, 0.2) is 18.5 Å². The Hall–Kier alpha value is -1.83. The van der Waals surface area contributed by atoms with Crippen molar-refractivity contribution >= 4 is 11.9 Å². The lowest BCUT2D eigenvalue weighted by molar-refractivity contribution is -0.126. The number of anilines is 1. The normalized spacial score (nSPS) is 23.0. The number of hydrogen-bond donors (Lipinski definition) is 1. The third-order valence-corrected chi connectivity index (χ3v) is 4.96. The number of aromatic nitrogens is 2. The Morgan fingerprint density at radius 2 is 1.92 bits per heavy atom. The van der Waals surface area contributed by atoms with E-state index in [4.69, 9.17) is 0 Å². The van der Waals surface area contributed by atoms with Crippen molar-refractivity contribution in [3.63, 3.8) is 0 Å². The molecule has 2 fully saturated rings. The minimum Gasteiger partial charge on any atom is -0.353 e. The topological polar surface area (TPSA) is 61.4 Å². The van der Waals surface area contributed by atoms with Gasteiger partial charge in [0.05, 0.1) is 12.5 Å². The SMILES string of the molecule is O=C(NC1CCN(CC(F)F)CC1)C1CCCN(c2ncccn2)C1. The second-order valence-corrected chi connectivity index (χ2v) is 6.81. The molecule has 1 aromatic rings. The number of amides is 1. The fraction of sp³-hybridized carbons (Fsp3) is 0.706. The maximum Gasteiger partial charge on any atom is 0.251 e. The van der Waals surface area contributed by atoms with E-state index >= 15 is 0 Å². The number of nitrogens with zero attached hydrogens (tertiary/aromatic N) is 4. The van der Waals surface area contributed by atoms with Crippen LogP contribution in [0.1, 0.15) is 25.7 Å². The van der Waals surface area contributed by atoms with Gasteiger partial charge in [0, 0.05) is 44.6 Å². The molecule has 8 heteroatoms. The first-order chi connectivity index (χ1) is 12.1. The highest BCUT2D eigenvalue weighted by Gasteiger charge is 2.29. The maximum absolute atomic E-state index is 12.6. The monoisotopic (exact) mass is 353 g/mol. The summed E-state index contributed by atoms with van der Waals surface area (Å²) < 4.78 is 24.8. The molecule has 1 aromatic heterocycles. The minimum atomic E-state index is -2.29. The Kier molecular flexibility index (Phi) is 6.12. The molecule has 2 aliphatic heterocycles. The molecular weight excluding hydrogens is 328 g/mol. The number of carbonyl (C=O) groups excluding carboxylic acids is 1. The molecule has 0 spiro atoms. The molecule has 0 radical (unpaired) electrons. The number of carbonyl (C=O) groups is 1. The van der Waals surface area contributed by atoms with Gasteiger partial charge in [0.25, 0.3) is 6.43 Å². The van der Waals surface area contributed by atoms with Gasteiger partial charge in [-0.05, 0) is 31.7 Å². The van der Waals surface area contributed by atoms with Crippen molar-refractivity contribution in [2.24, 2.45) is 5.92 Å². The van der Waals surface area contributed by atoms with Crippen LogP contribution in [-0.4, -0.2) is 66.0 Å². The molecule has 3 rings (SSSR count). The van der Waals surface area contributed by atoms with Crippen LogP contribution < -0.4 is 10.2 Å². The molecule has 1 unspecified atom stereocenters. The van der Waals surface area contributed by atoms with Crippen LogP contribution in [0.4, 0.5) is 14.7 Å². The largest absolute Gasteiger partial charge is 0.353 e. The van der Waals surface area contributed by atoms with E-state index in [-0.39, 0.29) is 24.4 Å². The Balaban J connectivity index is 1.47. The Morgan fingerprint density at radius 1 is 1.20 bits per heavy atom. The molecule has 25 heavy (non-hydrogen) atoms. The van der Waals surface area contributed by atoms with E-state index in [1.165, 1.54) is 0 Å². The average Bonchev–Trinajstić information content (AvgIpc) is 2.64. The standard InChI is InChI=1S/C17H25F2N5O/c18-15(19)12-23-9-4-14(5-10-23)22-16(25)13-3-1-8-24(11-13)17-20-6-2-7-21-17/h2,6-7,13-15H,1,3-5,8-12H2,(H,22,25). The van der Waals surface area contributed by atoms with Crippen LogP contribution in [0.25, 0.3) is 0 Å². The molecule has 3 heterocycles. The van der Waals surface area contributed by atoms with E-state index in [0.29, 0.717) is 25.6 Å². The number of alkyl halides is 2. The van der Waals surface area contributed by atoms with Gasteiger partial charge >= 0.3 is 0 Å². The highest BCUT2D eigenvalue weighted by atomic mass is 19.3. The van der Waals surface area contributed by atoms with Gasteiger partial charge in [0.1, 0.15) is 0 Å². The van der Waals surface area contributed by atoms with Crippen LogP contribution in [0.3, 0.4) is 0 Å². The molecule has 0 aromatic carbocycles. The fourth-order valence-electron chi connectivity index (χ4n) is 3.60. The number of halogens is 2. The first-order valence-electron chi connectivity index (χ1n) is 8.94. The van der Waals surface area contributed by atoms with Crippen LogP contribution in [-0.2, 0) is 4.79 Å². The van der Waals surface area contributed by atoms with Gasteiger partial charge in [-0.15, -0.1) is 0 Å². The van der Waals surface area contributed by atoms with Gasteiger partial charge in [-0.1, -0.05) is 0 Å². The van der Waals surface area contributed by atoms with Gasteiger partial charge in [-0.3, -0.25) is 9.69 Å². The molecule has 2 aliphatic rings. The summed E-state index contributed by atoms with van der Waals surface area (Å²) in [7, 11) is 0. The molecular formula is C17H25F2N5O. The predicted octanol–water partition coefficient (Wildman–Crippen LogP) is 1.54. The molecule has 1 atom stereocenters. The minimum absolute atomic E-state index is 0.0629. The summed E-state index contributed by atoms with van der Waals surface area (Å²) in [6.45, 7) is 2.54. The summed E-state index contributed by atoms with van der Waals surface area (Å²) >= 11 is 0. The molecule has 2 saturated heterocycles. The summed E-state index contributed by atoms with van der Waals surface area (Å²) in [6, 6.07) is 1.86. The Labute approximate surface area is 146 Å². The third-order valence-electron chi connectivity index (χ3n) is 4.96. The van der Waals surface area contributed by atoms with Gasteiger partial charge in [-0.25, -0.2) is 18.7 Å². The van der Waals surface area contributed by atoms with Crippen molar-refractivity contribution in [2.45, 2.75) is 38.2 Å². The molecule has 1 N–H and O–H groups in total. The van der Waals surface area contributed by atoms with Crippen molar-refractivity contribution in [1.29, 1.82) is 0 Å². The zero-order chi connectivity index (χ0) is 17.6. The lowest BCUT2D eigenvalue weighted by Crippen LogP contribution is -2.50. The van der Waals surface area contributed by atoms with Crippen LogP contribution in [0, 0.1) is 5.92 Å². The Morgan fingerprint density at radius 3 is 2.60 bits per heavy atom. The highest BCUT2D eigenvalue weighted by molar-refractivity contribution is 5.79. The molecule has 0 saturated carbocycles. The number of rotatable bonds is 5. The molecule has 0 aliphatic carbocycles. The lowest BCUT2D eigenvalue weighted by atomic mass is 9.96. The van der Waals surface area contributed by atoms with Gasteiger partial charge in [0.15, 0.2) is 0 Å². The maximum atomic E-state index is 12.6. The lowest BCUT2D eigenvalue weighted by Gasteiger charge is -2.35. The Bertz CT molecular complexity index is 551. The van der Waals surface area contributed by atoms with E-state index in [1.54, 1.807) is 23.4 Å². The predicted molar refractivity (Wildman–Crippen MR) is 90.6 cm³/mol. The van der Waals surface area contributed by atoms with Gasteiger partial charge in [-0.2, -0.15) is 0 Å². The van der Waals surface area contributed by atoms with Crippen molar-refractivity contribution in [3.8, 4) is 0 Å². The molecule has 6 nitrogen and oxygen atoms in total. The van der Waals surface area contributed by atoms with E-state index in [0.717, 1.165) is 32.2 Å². The van der Waals surface area contributed by atoms with Crippen molar-refractivity contribution in [3.05, 3.63) is 18.5 Å². The third kappa shape index (κ3) is 5.07. The highest BCUT2D eigenvalue weighted by Crippen LogP contribution is 2.21. The average molecular weight is 353 g/mol. The number of hydrogen-bond acceptors (Lipinski definition) is 5. The summed E-state index contributed by atoms with van der Waals surface area (Å²) in [5.41, 5.74) is 0. The number of piperidine rings is 2. The van der Waals surface area contributed by atoms with Crippen LogP contribution >= 0.6 is 0 Å². The molecule has 0 bridgehead atoms. The van der Waals surface area contributed by atoms with Crippen LogP contribution in [0.5, 0.6) is 0 Å². The molecule has 138 valence electrons. The summed E-state index contributed by atoms with van der Waals surface area (Å²) in [6.07, 6.45) is 4.38. The first kappa shape index (κ1) is 18.0. The van der Waals surface area contributed by atoms with Crippen molar-refractivity contribution in [1.82, 2.24) is 20.2 Å². The van der Waals surface area contributed by atoms with Gasteiger partial charge in [0.2, 0.25) is 11.9 Å². The molecule has 1 amide bonds. The van der Waals surface area contributed by atoms with E-state index in [1.807, 2.05) is 0 Å². The number of nitrogens with one attached hydrogen (secondary N) is 1. The smallest absolute Gasteiger partial charge is 0.251 e. The summed E-state index contributed by atoms with van der Waals surface area (Å²) in [4.78, 5) is 24.9. The second kappa shape index (κ2) is 8.51. The number of likely N-dealkylation sites (tertiary alicyclic amines) is 1. The van der Waals surface area contributed by atoms with E-state index in [2.05, 4.69) is 20.2 Å². The van der Waals surface area contributed by atoms with Crippen LogP contribution in [0.2, 0.25) is 0 Å².